The molecule has 0 bridgehead atoms. The van der Waals surface area contributed by atoms with E-state index in [1.807, 2.05) is 13.8 Å². The first-order chi connectivity index (χ1) is 6.09. The van der Waals surface area contributed by atoms with Gasteiger partial charge in [-0.25, -0.2) is 0 Å². The van der Waals surface area contributed by atoms with Crippen LogP contribution in [-0.4, -0.2) is 6.10 Å². The molecule has 0 heterocycles. The highest BCUT2D eigenvalue weighted by Gasteiger charge is 2.00. The van der Waals surface area contributed by atoms with Crippen LogP contribution >= 0.6 is 0 Å². The second kappa shape index (κ2) is 4.23. The van der Waals surface area contributed by atoms with Crippen molar-refractivity contribution in [3.8, 4) is 5.75 Å². The van der Waals surface area contributed by atoms with E-state index in [1.165, 1.54) is 0 Å². The number of ether oxygens (including phenoxy) is 1. The molecule has 0 aromatic heterocycles. The summed E-state index contributed by atoms with van der Waals surface area (Å²) in [5, 5.41) is 10.3. The molecule has 0 radical (unpaired) electrons. The third-order valence-corrected chi connectivity index (χ3v) is 1.51. The Kier molecular flexibility index (Phi) is 3.25. The largest absolute Gasteiger partial charge is 0.608 e. The van der Waals surface area contributed by atoms with Crippen LogP contribution in [0.5, 0.6) is 5.75 Å². The molecule has 1 rings (SSSR count). The van der Waals surface area contributed by atoms with E-state index in [-0.39, 0.29) is 6.10 Å². The molecule has 3 N–H and O–H groups in total. The average molecular weight is 182 g/mol. The van der Waals surface area contributed by atoms with Gasteiger partial charge in [0.2, 0.25) is 0 Å². The Morgan fingerprint density at radius 1 is 1.31 bits per heavy atom. The fourth-order valence-electron chi connectivity index (χ4n) is 0.970. The number of hydrogen-bond acceptors (Lipinski definition) is 3. The minimum atomic E-state index is -0.420. The molecule has 0 fully saturated rings. The Hall–Kier alpha value is -1.10. The van der Waals surface area contributed by atoms with Gasteiger partial charge >= 0.3 is 0 Å². The number of nitrogen functional groups attached to an aromatic ring is 1. The van der Waals surface area contributed by atoms with Gasteiger partial charge < -0.3 is 9.94 Å². The first-order valence-electron chi connectivity index (χ1n) is 4.16. The molecule has 1 aromatic carbocycles. The van der Waals surface area contributed by atoms with Crippen LogP contribution in [0.15, 0.2) is 24.3 Å². The minimum absolute atomic E-state index is 0.138. The van der Waals surface area contributed by atoms with E-state index >= 15 is 0 Å². The van der Waals surface area contributed by atoms with Crippen LogP contribution < -0.4 is 15.8 Å². The number of quaternary nitrogens is 1. The maximum absolute atomic E-state index is 10.7. The summed E-state index contributed by atoms with van der Waals surface area (Å²) >= 11 is 0. The molecular weight excluding hydrogens is 168 g/mol. The van der Waals surface area contributed by atoms with E-state index < -0.39 is 5.17 Å². The van der Waals surface area contributed by atoms with E-state index in [2.05, 4.69) is 0 Å². The van der Waals surface area contributed by atoms with Crippen molar-refractivity contribution in [2.75, 3.05) is 0 Å². The molecule has 0 aliphatic heterocycles. The van der Waals surface area contributed by atoms with Gasteiger partial charge in [0.25, 0.3) is 0 Å². The van der Waals surface area contributed by atoms with Crippen LogP contribution in [0.2, 0.25) is 0 Å². The fraction of sp³-hybridized carbons (Fsp3) is 0.333. The average Bonchev–Trinajstić information content (AvgIpc) is 2.04. The Labute approximate surface area is 77.5 Å². The molecule has 13 heavy (non-hydrogen) atoms. The van der Waals surface area contributed by atoms with Crippen molar-refractivity contribution < 1.29 is 9.91 Å². The molecule has 4 heteroatoms. The molecule has 1 unspecified atom stereocenters. The lowest BCUT2D eigenvalue weighted by Crippen LogP contribution is -3.08. The van der Waals surface area contributed by atoms with Gasteiger partial charge in [0.15, 0.2) is 5.69 Å². The van der Waals surface area contributed by atoms with Crippen LogP contribution in [0.1, 0.15) is 13.8 Å². The fourth-order valence-corrected chi connectivity index (χ4v) is 0.970. The first kappa shape index (κ1) is 9.98. The molecular formula is C9H14N2O2. The van der Waals surface area contributed by atoms with E-state index in [0.717, 1.165) is 5.75 Å². The molecule has 0 saturated carbocycles. The lowest BCUT2D eigenvalue weighted by Gasteiger charge is -2.15. The Morgan fingerprint density at radius 3 is 2.23 bits per heavy atom. The van der Waals surface area contributed by atoms with E-state index in [1.54, 1.807) is 24.3 Å². The minimum Gasteiger partial charge on any atom is -0.608 e. The number of rotatable bonds is 3. The molecule has 0 aliphatic rings. The molecule has 1 aromatic rings. The highest BCUT2D eigenvalue weighted by Crippen LogP contribution is 2.13. The second-order valence-corrected chi connectivity index (χ2v) is 3.06. The lowest BCUT2D eigenvalue weighted by atomic mass is 10.3. The molecule has 4 nitrogen and oxygen atoms in total. The maximum Gasteiger partial charge on any atom is 0.150 e. The highest BCUT2D eigenvalue weighted by atomic mass is 16.5. The second-order valence-electron chi connectivity index (χ2n) is 3.06. The van der Waals surface area contributed by atoms with Gasteiger partial charge in [-0.05, 0) is 26.0 Å². The van der Waals surface area contributed by atoms with Crippen LogP contribution in [0.25, 0.3) is 0 Å². The maximum atomic E-state index is 10.7. The van der Waals surface area contributed by atoms with Gasteiger partial charge in [-0.2, -0.15) is 5.84 Å². The third-order valence-electron chi connectivity index (χ3n) is 1.51. The van der Waals surface area contributed by atoms with Crippen molar-refractivity contribution in [3.05, 3.63) is 29.5 Å². The van der Waals surface area contributed by atoms with Gasteiger partial charge in [-0.3, -0.25) is 5.17 Å². The predicted molar refractivity (Wildman–Crippen MR) is 50.4 cm³/mol. The first-order valence-corrected chi connectivity index (χ1v) is 4.16. The van der Waals surface area contributed by atoms with Crippen LogP contribution in [0.4, 0.5) is 5.69 Å². The summed E-state index contributed by atoms with van der Waals surface area (Å²) < 4.78 is 5.40. The summed E-state index contributed by atoms with van der Waals surface area (Å²) in [5.74, 6) is 5.84. The van der Waals surface area contributed by atoms with Gasteiger partial charge in [0.1, 0.15) is 5.75 Å². The van der Waals surface area contributed by atoms with Crippen molar-refractivity contribution in [2.24, 2.45) is 5.84 Å². The molecule has 1 atom stereocenters. The zero-order valence-electron chi connectivity index (χ0n) is 7.78. The normalized spacial score (nSPS) is 13.0. The van der Waals surface area contributed by atoms with Crippen molar-refractivity contribution in [1.29, 1.82) is 0 Å². The molecule has 0 aliphatic carbocycles. The van der Waals surface area contributed by atoms with Gasteiger partial charge in [0.05, 0.1) is 6.10 Å². The summed E-state index contributed by atoms with van der Waals surface area (Å²) in [6, 6.07) is 6.78. The van der Waals surface area contributed by atoms with E-state index in [9.17, 15) is 5.21 Å². The summed E-state index contributed by atoms with van der Waals surface area (Å²) in [4.78, 5) is 0. The lowest BCUT2D eigenvalue weighted by molar-refractivity contribution is -0.789. The smallest absolute Gasteiger partial charge is 0.150 e. The Bertz CT molecular complexity index is 257. The van der Waals surface area contributed by atoms with Crippen molar-refractivity contribution >= 4 is 5.69 Å². The van der Waals surface area contributed by atoms with Gasteiger partial charge in [0, 0.05) is 12.1 Å². The Morgan fingerprint density at radius 2 is 1.85 bits per heavy atom. The molecule has 72 valence electrons. The van der Waals surface area contributed by atoms with Crippen molar-refractivity contribution in [3.63, 3.8) is 0 Å². The quantitative estimate of drug-likeness (QED) is 0.524. The van der Waals surface area contributed by atoms with Crippen LogP contribution in [0.3, 0.4) is 0 Å². The zero-order chi connectivity index (χ0) is 9.84. The number of nitrogens with two attached hydrogens (primary N) is 1. The predicted octanol–water partition coefficient (Wildman–Crippen LogP) is 0.362. The van der Waals surface area contributed by atoms with E-state index in [4.69, 9.17) is 10.6 Å². The van der Waals surface area contributed by atoms with Gasteiger partial charge in [-0.15, -0.1) is 0 Å². The molecule has 0 spiro atoms. The van der Waals surface area contributed by atoms with Crippen LogP contribution in [0, 0.1) is 5.21 Å². The zero-order valence-corrected chi connectivity index (χ0v) is 7.78. The topological polar surface area (TPSA) is 62.8 Å². The number of nitrogens with one attached hydrogen (secondary N) is 1. The van der Waals surface area contributed by atoms with Gasteiger partial charge in [-0.1, -0.05) is 0 Å². The van der Waals surface area contributed by atoms with Crippen molar-refractivity contribution in [2.45, 2.75) is 20.0 Å². The monoisotopic (exact) mass is 182 g/mol. The summed E-state index contributed by atoms with van der Waals surface area (Å²) in [6.07, 6.45) is 0.138. The number of benzene rings is 1. The molecule has 0 saturated heterocycles. The summed E-state index contributed by atoms with van der Waals surface area (Å²) in [7, 11) is 0. The standard InChI is InChI=1S/C9H14N2O2/c1-7(2)13-9-5-3-8(4-6-9)11(10)12/h3-7,11H,10H2,1-2H3. The third kappa shape index (κ3) is 3.02. The summed E-state index contributed by atoms with van der Waals surface area (Å²) in [6.45, 7) is 3.89. The molecule has 0 amide bonds. The van der Waals surface area contributed by atoms with E-state index in [0.29, 0.717) is 5.69 Å². The Balaban J connectivity index is 2.70. The SMILES string of the molecule is CC(C)Oc1ccc([NH+](N)[O-])cc1. The summed E-state index contributed by atoms with van der Waals surface area (Å²) in [5.41, 5.74) is 0.496. The van der Waals surface area contributed by atoms with Crippen molar-refractivity contribution in [1.82, 2.24) is 0 Å². The highest BCUT2D eigenvalue weighted by molar-refractivity contribution is 5.35. The number of hydrogen-bond donors (Lipinski definition) is 2. The van der Waals surface area contributed by atoms with Crippen LogP contribution in [-0.2, 0) is 0 Å².